The average molecular weight is 243 g/mol. The molecule has 1 aromatic carbocycles. The highest BCUT2D eigenvalue weighted by Gasteiger charge is 2.02. The van der Waals surface area contributed by atoms with E-state index < -0.39 is 0 Å². The van der Waals surface area contributed by atoms with Gasteiger partial charge in [0.2, 0.25) is 0 Å². The van der Waals surface area contributed by atoms with Crippen molar-refractivity contribution < 1.29 is 9.84 Å². The lowest BCUT2D eigenvalue weighted by Crippen LogP contribution is -2.00. The first-order chi connectivity index (χ1) is 8.69. The third-order valence-corrected chi connectivity index (χ3v) is 2.77. The van der Waals surface area contributed by atoms with E-state index in [1.807, 2.05) is 25.1 Å². The molecule has 0 amide bonds. The molecule has 0 saturated heterocycles. The van der Waals surface area contributed by atoms with Gasteiger partial charge in [0.1, 0.15) is 12.4 Å². The minimum atomic E-state index is 0.0269. The van der Waals surface area contributed by atoms with Crippen molar-refractivity contribution in [3.63, 3.8) is 0 Å². The summed E-state index contributed by atoms with van der Waals surface area (Å²) in [5.74, 6) is 0.872. The Hall–Kier alpha value is -1.87. The smallest absolute Gasteiger partial charge is 0.130 e. The van der Waals surface area contributed by atoms with Gasteiger partial charge in [-0.1, -0.05) is 17.7 Å². The van der Waals surface area contributed by atoms with Crippen LogP contribution >= 0.6 is 0 Å². The summed E-state index contributed by atoms with van der Waals surface area (Å²) >= 11 is 0. The Balaban J connectivity index is 2.06. The molecule has 0 aliphatic rings. The van der Waals surface area contributed by atoms with E-state index in [1.165, 1.54) is 5.56 Å². The number of hydrogen-bond donors (Lipinski definition) is 1. The Morgan fingerprint density at radius 2 is 2.00 bits per heavy atom. The third kappa shape index (κ3) is 3.08. The number of nitrogens with zero attached hydrogens (tertiary/aromatic N) is 1. The first-order valence-corrected chi connectivity index (χ1v) is 5.94. The molecular formula is C15H17NO2. The summed E-state index contributed by atoms with van der Waals surface area (Å²) in [5, 5.41) is 9.05. The number of hydrogen-bond acceptors (Lipinski definition) is 3. The molecule has 1 heterocycles. The molecule has 0 atom stereocenters. The van der Waals surface area contributed by atoms with Gasteiger partial charge in [-0.25, -0.2) is 0 Å². The quantitative estimate of drug-likeness (QED) is 0.897. The second kappa shape index (κ2) is 5.65. The monoisotopic (exact) mass is 243 g/mol. The van der Waals surface area contributed by atoms with Crippen LogP contribution in [0.1, 0.15) is 22.4 Å². The summed E-state index contributed by atoms with van der Waals surface area (Å²) in [7, 11) is 0. The van der Waals surface area contributed by atoms with Crippen molar-refractivity contribution in [1.82, 2.24) is 4.98 Å². The van der Waals surface area contributed by atoms with Gasteiger partial charge >= 0.3 is 0 Å². The molecule has 2 rings (SSSR count). The molecule has 2 aromatic rings. The maximum atomic E-state index is 9.05. The van der Waals surface area contributed by atoms with Crippen LogP contribution in [0.15, 0.2) is 36.5 Å². The van der Waals surface area contributed by atoms with Gasteiger partial charge in [-0.2, -0.15) is 0 Å². The van der Waals surface area contributed by atoms with Crippen molar-refractivity contribution in [2.24, 2.45) is 0 Å². The fourth-order valence-corrected chi connectivity index (χ4v) is 1.82. The Bertz CT molecular complexity index is 538. The molecule has 0 unspecified atom stereocenters. The molecule has 18 heavy (non-hydrogen) atoms. The number of benzene rings is 1. The first kappa shape index (κ1) is 12.6. The summed E-state index contributed by atoms with van der Waals surface area (Å²) in [4.78, 5) is 4.21. The first-order valence-electron chi connectivity index (χ1n) is 5.94. The highest BCUT2D eigenvalue weighted by Crippen LogP contribution is 2.19. The fourth-order valence-electron chi connectivity index (χ4n) is 1.82. The SMILES string of the molecule is Cc1ccc(OCc2cc(CO)ccn2)c(C)c1. The Labute approximate surface area is 107 Å². The minimum Gasteiger partial charge on any atom is -0.487 e. The van der Waals surface area contributed by atoms with Crippen molar-refractivity contribution in [2.45, 2.75) is 27.1 Å². The predicted molar refractivity (Wildman–Crippen MR) is 70.4 cm³/mol. The highest BCUT2D eigenvalue weighted by molar-refractivity contribution is 5.35. The van der Waals surface area contributed by atoms with Crippen molar-refractivity contribution in [2.75, 3.05) is 0 Å². The number of pyridine rings is 1. The number of aromatic nitrogens is 1. The maximum Gasteiger partial charge on any atom is 0.130 e. The zero-order valence-electron chi connectivity index (χ0n) is 10.7. The molecule has 0 saturated carbocycles. The standard InChI is InChI=1S/C15H17NO2/c1-11-3-4-15(12(2)7-11)18-10-14-8-13(9-17)5-6-16-14/h3-8,17H,9-10H2,1-2H3. The lowest BCUT2D eigenvalue weighted by Gasteiger charge is -2.09. The average Bonchev–Trinajstić information content (AvgIpc) is 2.38. The third-order valence-electron chi connectivity index (χ3n) is 2.77. The summed E-state index contributed by atoms with van der Waals surface area (Å²) in [5.41, 5.74) is 4.01. The van der Waals surface area contributed by atoms with E-state index in [9.17, 15) is 0 Å². The summed E-state index contributed by atoms with van der Waals surface area (Å²) in [6.07, 6.45) is 1.69. The van der Waals surface area contributed by atoms with E-state index in [-0.39, 0.29) is 6.61 Å². The van der Waals surface area contributed by atoms with Crippen LogP contribution in [0.25, 0.3) is 0 Å². The number of ether oxygens (including phenoxy) is 1. The van der Waals surface area contributed by atoms with Crippen molar-refractivity contribution in [3.05, 3.63) is 58.9 Å². The molecule has 1 aromatic heterocycles. The Morgan fingerprint density at radius 1 is 1.17 bits per heavy atom. The fraction of sp³-hybridized carbons (Fsp3) is 0.267. The van der Waals surface area contributed by atoms with Crippen LogP contribution in [0, 0.1) is 13.8 Å². The van der Waals surface area contributed by atoms with Gasteiger partial charge < -0.3 is 9.84 Å². The van der Waals surface area contributed by atoms with Gasteiger partial charge in [0.25, 0.3) is 0 Å². The molecular weight excluding hydrogens is 226 g/mol. The van der Waals surface area contributed by atoms with Crippen LogP contribution in [0.3, 0.4) is 0 Å². The van der Waals surface area contributed by atoms with Crippen molar-refractivity contribution >= 4 is 0 Å². The van der Waals surface area contributed by atoms with E-state index in [2.05, 4.69) is 18.0 Å². The van der Waals surface area contributed by atoms with Crippen molar-refractivity contribution in [3.8, 4) is 5.75 Å². The lowest BCUT2D eigenvalue weighted by molar-refractivity contribution is 0.279. The van der Waals surface area contributed by atoms with E-state index in [4.69, 9.17) is 9.84 Å². The van der Waals surface area contributed by atoms with Crippen LogP contribution in [-0.4, -0.2) is 10.1 Å². The molecule has 1 N–H and O–H groups in total. The van der Waals surface area contributed by atoms with E-state index >= 15 is 0 Å². The molecule has 0 radical (unpaired) electrons. The number of rotatable bonds is 4. The lowest BCUT2D eigenvalue weighted by atomic mass is 10.1. The molecule has 3 nitrogen and oxygen atoms in total. The molecule has 0 aliphatic carbocycles. The van der Waals surface area contributed by atoms with Gasteiger partial charge in [0.05, 0.1) is 12.3 Å². The topological polar surface area (TPSA) is 42.4 Å². The van der Waals surface area contributed by atoms with E-state index in [0.29, 0.717) is 6.61 Å². The molecule has 94 valence electrons. The van der Waals surface area contributed by atoms with E-state index in [1.54, 1.807) is 12.3 Å². The van der Waals surface area contributed by atoms with Crippen LogP contribution in [0.4, 0.5) is 0 Å². The second-order valence-electron chi connectivity index (χ2n) is 4.37. The largest absolute Gasteiger partial charge is 0.487 e. The van der Waals surface area contributed by atoms with Gasteiger partial charge in [-0.15, -0.1) is 0 Å². The van der Waals surface area contributed by atoms with Crippen LogP contribution < -0.4 is 4.74 Å². The Morgan fingerprint density at radius 3 is 2.72 bits per heavy atom. The number of aliphatic hydroxyl groups is 1. The van der Waals surface area contributed by atoms with E-state index in [0.717, 1.165) is 22.6 Å². The predicted octanol–water partition coefficient (Wildman–Crippen LogP) is 2.77. The minimum absolute atomic E-state index is 0.0269. The molecule has 0 bridgehead atoms. The molecule has 3 heteroatoms. The van der Waals surface area contributed by atoms with Crippen LogP contribution in [0.5, 0.6) is 5.75 Å². The summed E-state index contributed by atoms with van der Waals surface area (Å²) in [6, 6.07) is 9.73. The second-order valence-corrected chi connectivity index (χ2v) is 4.37. The Kier molecular flexibility index (Phi) is 3.95. The summed E-state index contributed by atoms with van der Waals surface area (Å²) < 4.78 is 5.73. The van der Waals surface area contributed by atoms with Crippen molar-refractivity contribution in [1.29, 1.82) is 0 Å². The van der Waals surface area contributed by atoms with Gasteiger partial charge in [0.15, 0.2) is 0 Å². The molecule has 0 aliphatic heterocycles. The van der Waals surface area contributed by atoms with Gasteiger partial charge in [0, 0.05) is 6.20 Å². The molecule has 0 spiro atoms. The molecule has 0 fully saturated rings. The highest BCUT2D eigenvalue weighted by atomic mass is 16.5. The van der Waals surface area contributed by atoms with Gasteiger partial charge in [-0.05, 0) is 43.2 Å². The normalized spacial score (nSPS) is 10.4. The van der Waals surface area contributed by atoms with Gasteiger partial charge in [-0.3, -0.25) is 4.98 Å². The number of aliphatic hydroxyl groups excluding tert-OH is 1. The number of aryl methyl sites for hydroxylation is 2. The zero-order chi connectivity index (χ0) is 13.0. The maximum absolute atomic E-state index is 9.05. The van der Waals surface area contributed by atoms with Crippen LogP contribution in [-0.2, 0) is 13.2 Å². The van der Waals surface area contributed by atoms with Crippen LogP contribution in [0.2, 0.25) is 0 Å². The summed E-state index contributed by atoms with van der Waals surface area (Å²) in [6.45, 7) is 4.53. The zero-order valence-corrected chi connectivity index (χ0v) is 10.7.